The summed E-state index contributed by atoms with van der Waals surface area (Å²) in [7, 11) is 0. The summed E-state index contributed by atoms with van der Waals surface area (Å²) in [6.07, 6.45) is 1.42. The van der Waals surface area contributed by atoms with Gasteiger partial charge in [-0.2, -0.15) is 0 Å². The maximum absolute atomic E-state index is 12.6. The van der Waals surface area contributed by atoms with Crippen LogP contribution in [0.25, 0.3) is 0 Å². The van der Waals surface area contributed by atoms with Crippen LogP contribution in [0.3, 0.4) is 0 Å². The smallest absolute Gasteiger partial charge is 0.304 e. The molecule has 0 radical (unpaired) electrons. The van der Waals surface area contributed by atoms with Crippen LogP contribution < -0.4 is 11.1 Å². The average Bonchev–Trinajstić information content (AvgIpc) is 2.60. The third kappa shape index (κ3) is 5.29. The number of likely N-dealkylation sites (tertiary alicyclic amines) is 1. The number of hydrogen-bond donors (Lipinski definition) is 3. The highest BCUT2D eigenvalue weighted by molar-refractivity contribution is 5.88. The summed E-state index contributed by atoms with van der Waals surface area (Å²) in [4.78, 5) is 36.6. The van der Waals surface area contributed by atoms with Crippen LogP contribution >= 0.6 is 0 Å². The molecule has 0 aliphatic carbocycles. The molecule has 0 unspecified atom stereocenters. The van der Waals surface area contributed by atoms with Crippen molar-refractivity contribution < 1.29 is 19.5 Å². The summed E-state index contributed by atoms with van der Waals surface area (Å²) >= 11 is 0. The Hall–Kier alpha value is -2.41. The lowest BCUT2D eigenvalue weighted by Crippen LogP contribution is -2.54. The molecule has 1 aromatic carbocycles. The fraction of sp³-hybridized carbons (Fsp3) is 0.500. The number of nitrogens with one attached hydrogen (secondary N) is 1. The topological polar surface area (TPSA) is 113 Å². The van der Waals surface area contributed by atoms with Gasteiger partial charge in [0.25, 0.3) is 0 Å². The fourth-order valence-corrected chi connectivity index (χ4v) is 3.20. The van der Waals surface area contributed by atoms with Gasteiger partial charge in [0.15, 0.2) is 0 Å². The second-order valence-corrected chi connectivity index (χ2v) is 6.46. The first-order chi connectivity index (χ1) is 11.9. The quantitative estimate of drug-likeness (QED) is 0.672. The lowest BCUT2D eigenvalue weighted by Gasteiger charge is -2.38. The van der Waals surface area contributed by atoms with Crippen molar-refractivity contribution in [1.82, 2.24) is 10.2 Å². The Morgan fingerprint density at radius 1 is 1.32 bits per heavy atom. The standard InChI is InChI=1S/C18H25N3O4/c1-12(17(19)24)20-18(25)15-11-14(13-5-3-2-4-6-13)7-9-21(15)10-8-16(22)23/h2-6,12,14-15H,7-11H2,1H3,(H2,19,24)(H,20,25)(H,22,23)/t12-,14-,15+/m0/s1. The largest absolute Gasteiger partial charge is 0.481 e. The Labute approximate surface area is 147 Å². The van der Waals surface area contributed by atoms with E-state index in [0.717, 1.165) is 6.42 Å². The molecule has 2 amide bonds. The lowest BCUT2D eigenvalue weighted by molar-refractivity contribution is -0.138. The first-order valence-corrected chi connectivity index (χ1v) is 8.49. The molecule has 1 heterocycles. The van der Waals surface area contributed by atoms with Crippen molar-refractivity contribution in [3.8, 4) is 0 Å². The monoisotopic (exact) mass is 347 g/mol. The number of carbonyl (C=O) groups is 3. The molecule has 7 heteroatoms. The van der Waals surface area contributed by atoms with Gasteiger partial charge in [-0.3, -0.25) is 19.3 Å². The molecule has 3 atom stereocenters. The van der Waals surface area contributed by atoms with Gasteiger partial charge in [-0.05, 0) is 37.8 Å². The van der Waals surface area contributed by atoms with Crippen LogP contribution in [0.1, 0.15) is 37.7 Å². The molecule has 7 nitrogen and oxygen atoms in total. The van der Waals surface area contributed by atoms with E-state index in [1.807, 2.05) is 35.2 Å². The van der Waals surface area contributed by atoms with E-state index in [1.165, 1.54) is 5.56 Å². The Bertz CT molecular complexity index is 620. The van der Waals surface area contributed by atoms with Crippen molar-refractivity contribution in [1.29, 1.82) is 0 Å². The van der Waals surface area contributed by atoms with Gasteiger partial charge in [-0.1, -0.05) is 30.3 Å². The SMILES string of the molecule is C[C@H](NC(=O)[C@H]1C[C@@H](c2ccccc2)CCN1CCC(=O)O)C(N)=O. The number of piperidine rings is 1. The number of carboxylic acids is 1. The van der Waals surface area contributed by atoms with Crippen molar-refractivity contribution in [2.75, 3.05) is 13.1 Å². The van der Waals surface area contributed by atoms with E-state index in [9.17, 15) is 14.4 Å². The van der Waals surface area contributed by atoms with E-state index in [4.69, 9.17) is 10.8 Å². The molecule has 0 aromatic heterocycles. The lowest BCUT2D eigenvalue weighted by atomic mass is 9.84. The van der Waals surface area contributed by atoms with Crippen molar-refractivity contribution >= 4 is 17.8 Å². The molecule has 25 heavy (non-hydrogen) atoms. The minimum atomic E-state index is -0.894. The number of nitrogens with two attached hydrogens (primary N) is 1. The first kappa shape index (κ1) is 18.9. The van der Waals surface area contributed by atoms with Crippen LogP contribution in [-0.4, -0.2) is 53.0 Å². The molecule has 1 saturated heterocycles. The maximum atomic E-state index is 12.6. The van der Waals surface area contributed by atoms with Gasteiger partial charge >= 0.3 is 5.97 Å². The number of amides is 2. The number of primary amides is 1. The molecular formula is C18H25N3O4. The Kier molecular flexibility index (Phi) is 6.52. The molecular weight excluding hydrogens is 322 g/mol. The van der Waals surface area contributed by atoms with E-state index < -0.39 is 24.0 Å². The van der Waals surface area contributed by atoms with E-state index in [0.29, 0.717) is 19.5 Å². The van der Waals surface area contributed by atoms with Crippen molar-refractivity contribution in [3.63, 3.8) is 0 Å². The molecule has 2 rings (SSSR count). The van der Waals surface area contributed by atoms with Crippen molar-refractivity contribution in [2.24, 2.45) is 5.73 Å². The summed E-state index contributed by atoms with van der Waals surface area (Å²) in [6.45, 7) is 2.48. The van der Waals surface area contributed by atoms with E-state index >= 15 is 0 Å². The number of carbonyl (C=O) groups excluding carboxylic acids is 2. The van der Waals surface area contributed by atoms with E-state index in [1.54, 1.807) is 6.92 Å². The van der Waals surface area contributed by atoms with Crippen LogP contribution in [0.15, 0.2) is 30.3 Å². The third-order valence-corrected chi connectivity index (χ3v) is 4.69. The maximum Gasteiger partial charge on any atom is 0.304 e. The normalized spacial score (nSPS) is 22.1. The van der Waals surface area contributed by atoms with Gasteiger partial charge < -0.3 is 16.2 Å². The zero-order valence-corrected chi connectivity index (χ0v) is 14.4. The highest BCUT2D eigenvalue weighted by atomic mass is 16.4. The highest BCUT2D eigenvalue weighted by Gasteiger charge is 2.34. The summed E-state index contributed by atoms with van der Waals surface area (Å²) in [5.74, 6) is -1.55. The number of hydrogen-bond acceptors (Lipinski definition) is 4. The Morgan fingerprint density at radius 2 is 2.00 bits per heavy atom. The Morgan fingerprint density at radius 3 is 2.60 bits per heavy atom. The van der Waals surface area contributed by atoms with Crippen LogP contribution in [0, 0.1) is 0 Å². The van der Waals surface area contributed by atoms with Crippen LogP contribution in [0.5, 0.6) is 0 Å². The van der Waals surface area contributed by atoms with Crippen LogP contribution in [0.4, 0.5) is 0 Å². The predicted octanol–water partition coefficient (Wildman–Crippen LogP) is 0.699. The summed E-state index contributed by atoms with van der Waals surface area (Å²) in [5.41, 5.74) is 6.39. The third-order valence-electron chi connectivity index (χ3n) is 4.69. The number of aliphatic carboxylic acids is 1. The molecule has 0 saturated carbocycles. The molecule has 136 valence electrons. The minimum Gasteiger partial charge on any atom is -0.481 e. The number of carboxylic acid groups (broad SMARTS) is 1. The van der Waals surface area contributed by atoms with Gasteiger partial charge in [-0.25, -0.2) is 0 Å². The Balaban J connectivity index is 2.12. The predicted molar refractivity (Wildman–Crippen MR) is 92.8 cm³/mol. The van der Waals surface area contributed by atoms with Gasteiger partial charge in [0, 0.05) is 6.54 Å². The minimum absolute atomic E-state index is 0.0227. The summed E-state index contributed by atoms with van der Waals surface area (Å²) in [5, 5.41) is 11.6. The van der Waals surface area contributed by atoms with Crippen molar-refractivity contribution in [3.05, 3.63) is 35.9 Å². The number of rotatable bonds is 7. The van der Waals surface area contributed by atoms with E-state index in [2.05, 4.69) is 5.32 Å². The molecule has 1 fully saturated rings. The molecule has 0 spiro atoms. The second kappa shape index (κ2) is 8.62. The molecule has 1 aromatic rings. The number of benzene rings is 1. The van der Waals surface area contributed by atoms with E-state index in [-0.39, 0.29) is 18.2 Å². The van der Waals surface area contributed by atoms with Crippen LogP contribution in [-0.2, 0) is 14.4 Å². The molecule has 4 N–H and O–H groups in total. The van der Waals surface area contributed by atoms with Gasteiger partial charge in [0.05, 0.1) is 12.5 Å². The van der Waals surface area contributed by atoms with Crippen LogP contribution in [0.2, 0.25) is 0 Å². The number of nitrogens with zero attached hydrogens (tertiary/aromatic N) is 1. The summed E-state index contributed by atoms with van der Waals surface area (Å²) < 4.78 is 0. The van der Waals surface area contributed by atoms with Crippen molar-refractivity contribution in [2.45, 2.75) is 44.2 Å². The molecule has 1 aliphatic rings. The summed E-state index contributed by atoms with van der Waals surface area (Å²) in [6, 6.07) is 8.74. The second-order valence-electron chi connectivity index (χ2n) is 6.46. The highest BCUT2D eigenvalue weighted by Crippen LogP contribution is 2.31. The van der Waals surface area contributed by atoms with Gasteiger partial charge in [0.1, 0.15) is 6.04 Å². The molecule has 0 bridgehead atoms. The zero-order chi connectivity index (χ0) is 18.4. The van der Waals surface area contributed by atoms with Gasteiger partial charge in [0.2, 0.25) is 11.8 Å². The fourth-order valence-electron chi connectivity index (χ4n) is 3.20. The molecule has 1 aliphatic heterocycles. The zero-order valence-electron chi connectivity index (χ0n) is 14.4. The van der Waals surface area contributed by atoms with Gasteiger partial charge in [-0.15, -0.1) is 0 Å². The first-order valence-electron chi connectivity index (χ1n) is 8.49. The average molecular weight is 347 g/mol.